The number of benzene rings is 1. The van der Waals surface area contributed by atoms with Gasteiger partial charge < -0.3 is 10.1 Å². The number of pyridine rings is 1. The molecule has 0 saturated carbocycles. The van der Waals surface area contributed by atoms with Crippen molar-refractivity contribution in [2.75, 3.05) is 18.2 Å². The molecule has 2 aromatic rings. The lowest BCUT2D eigenvalue weighted by Crippen LogP contribution is -2.03. The summed E-state index contributed by atoms with van der Waals surface area (Å²) in [6.45, 7) is 0.721. The molecule has 0 unspecified atom stereocenters. The number of nitrogens with one attached hydrogen (secondary N) is 1. The van der Waals surface area contributed by atoms with Crippen LogP contribution in [0.1, 0.15) is 5.56 Å². The number of esters is 1. The van der Waals surface area contributed by atoms with Crippen molar-refractivity contribution in [3.05, 3.63) is 54.4 Å². The number of rotatable bonds is 6. The minimum absolute atomic E-state index is 0.219. The predicted molar refractivity (Wildman–Crippen MR) is 80.7 cm³/mol. The monoisotopic (exact) mass is 288 g/mol. The maximum absolute atomic E-state index is 11.1. The number of hydrogen-bond donors (Lipinski definition) is 1. The van der Waals surface area contributed by atoms with Crippen molar-refractivity contribution < 1.29 is 9.53 Å². The maximum Gasteiger partial charge on any atom is 0.315 e. The zero-order valence-corrected chi connectivity index (χ0v) is 12.0. The fourth-order valence-electron chi connectivity index (χ4n) is 1.60. The van der Waals surface area contributed by atoms with E-state index in [1.54, 1.807) is 6.20 Å². The normalized spacial score (nSPS) is 10.1. The highest BCUT2D eigenvalue weighted by atomic mass is 32.2. The van der Waals surface area contributed by atoms with Gasteiger partial charge in [0.05, 0.1) is 12.9 Å². The second kappa shape index (κ2) is 7.55. The zero-order chi connectivity index (χ0) is 14.2. The average molecular weight is 288 g/mol. The number of carbonyl (C=O) groups excluding carboxylic acids is 1. The van der Waals surface area contributed by atoms with E-state index in [0.717, 1.165) is 22.7 Å². The molecule has 0 saturated heterocycles. The number of nitrogens with zero attached hydrogens (tertiary/aromatic N) is 1. The molecule has 1 heterocycles. The Labute approximate surface area is 122 Å². The van der Waals surface area contributed by atoms with Crippen molar-refractivity contribution >= 4 is 23.4 Å². The maximum atomic E-state index is 11.1. The third-order valence-corrected chi connectivity index (χ3v) is 3.61. The molecule has 2 rings (SSSR count). The molecule has 0 aliphatic heterocycles. The minimum Gasteiger partial charge on any atom is -0.468 e. The Balaban J connectivity index is 1.90. The lowest BCUT2D eigenvalue weighted by Gasteiger charge is -2.08. The van der Waals surface area contributed by atoms with Gasteiger partial charge in [-0.2, -0.15) is 0 Å². The molecule has 4 nitrogen and oxygen atoms in total. The van der Waals surface area contributed by atoms with Gasteiger partial charge in [0.15, 0.2) is 0 Å². The molecule has 0 spiro atoms. The molecule has 0 fully saturated rings. The van der Waals surface area contributed by atoms with Gasteiger partial charge in [-0.05, 0) is 29.8 Å². The third kappa shape index (κ3) is 4.59. The number of methoxy groups -OCH3 is 1. The van der Waals surface area contributed by atoms with Crippen LogP contribution in [0, 0.1) is 0 Å². The van der Waals surface area contributed by atoms with Gasteiger partial charge in [0.25, 0.3) is 0 Å². The van der Waals surface area contributed by atoms with Crippen LogP contribution in [0.5, 0.6) is 0 Å². The summed E-state index contributed by atoms with van der Waals surface area (Å²) in [7, 11) is 1.40. The SMILES string of the molecule is COC(=O)CSc1cccc(NCc2cccnc2)c1. The molecule has 1 aromatic heterocycles. The van der Waals surface area contributed by atoms with Gasteiger partial charge in [0, 0.05) is 29.5 Å². The Morgan fingerprint density at radius 2 is 2.25 bits per heavy atom. The lowest BCUT2D eigenvalue weighted by molar-refractivity contribution is -0.137. The van der Waals surface area contributed by atoms with Gasteiger partial charge in [-0.3, -0.25) is 9.78 Å². The van der Waals surface area contributed by atoms with Crippen LogP contribution in [0.25, 0.3) is 0 Å². The standard InChI is InChI=1S/C15H16N2O2S/c1-19-15(18)11-20-14-6-2-5-13(8-14)17-10-12-4-3-7-16-9-12/h2-9,17H,10-11H2,1H3. The topological polar surface area (TPSA) is 51.2 Å². The number of thioether (sulfide) groups is 1. The van der Waals surface area contributed by atoms with Crippen LogP contribution >= 0.6 is 11.8 Å². The predicted octanol–water partition coefficient (Wildman–Crippen LogP) is 2.96. The van der Waals surface area contributed by atoms with Crippen molar-refractivity contribution in [2.45, 2.75) is 11.4 Å². The molecule has 5 heteroatoms. The molecule has 0 bridgehead atoms. The highest BCUT2D eigenvalue weighted by Gasteiger charge is 2.02. The Bertz CT molecular complexity index is 561. The van der Waals surface area contributed by atoms with E-state index in [2.05, 4.69) is 15.0 Å². The second-order valence-electron chi connectivity index (χ2n) is 4.11. The van der Waals surface area contributed by atoms with Crippen molar-refractivity contribution in [2.24, 2.45) is 0 Å². The molecule has 20 heavy (non-hydrogen) atoms. The van der Waals surface area contributed by atoms with E-state index in [-0.39, 0.29) is 5.97 Å². The highest BCUT2D eigenvalue weighted by Crippen LogP contribution is 2.22. The van der Waals surface area contributed by atoms with Gasteiger partial charge in [-0.15, -0.1) is 11.8 Å². The molecule has 104 valence electrons. The highest BCUT2D eigenvalue weighted by molar-refractivity contribution is 8.00. The van der Waals surface area contributed by atoms with Crippen LogP contribution in [0.3, 0.4) is 0 Å². The Hall–Kier alpha value is -2.01. The quantitative estimate of drug-likeness (QED) is 0.654. The largest absolute Gasteiger partial charge is 0.468 e. The van der Waals surface area contributed by atoms with Crippen LogP contribution in [-0.4, -0.2) is 23.8 Å². The van der Waals surface area contributed by atoms with E-state index < -0.39 is 0 Å². The summed E-state index contributed by atoms with van der Waals surface area (Å²) in [5.41, 5.74) is 2.14. The fourth-order valence-corrected chi connectivity index (χ4v) is 2.39. The summed E-state index contributed by atoms with van der Waals surface area (Å²) < 4.78 is 4.63. The first-order chi connectivity index (χ1) is 9.78. The molecular weight excluding hydrogens is 272 g/mol. The van der Waals surface area contributed by atoms with Gasteiger partial charge in [-0.1, -0.05) is 12.1 Å². The lowest BCUT2D eigenvalue weighted by atomic mass is 10.2. The Morgan fingerprint density at radius 1 is 1.35 bits per heavy atom. The van der Waals surface area contributed by atoms with Crippen LogP contribution in [0.4, 0.5) is 5.69 Å². The molecule has 1 N–H and O–H groups in total. The van der Waals surface area contributed by atoms with E-state index in [0.29, 0.717) is 5.75 Å². The van der Waals surface area contributed by atoms with Crippen LogP contribution < -0.4 is 5.32 Å². The summed E-state index contributed by atoms with van der Waals surface area (Å²) in [6.07, 6.45) is 3.59. The summed E-state index contributed by atoms with van der Waals surface area (Å²) >= 11 is 1.46. The van der Waals surface area contributed by atoms with Crippen molar-refractivity contribution in [1.29, 1.82) is 0 Å². The summed E-state index contributed by atoms with van der Waals surface area (Å²) in [6, 6.07) is 11.9. The first-order valence-electron chi connectivity index (χ1n) is 6.20. The zero-order valence-electron chi connectivity index (χ0n) is 11.2. The number of ether oxygens (including phenoxy) is 1. The Morgan fingerprint density at radius 3 is 3.00 bits per heavy atom. The smallest absolute Gasteiger partial charge is 0.315 e. The van der Waals surface area contributed by atoms with Gasteiger partial charge in [-0.25, -0.2) is 0 Å². The van der Waals surface area contributed by atoms with Gasteiger partial charge in [0.2, 0.25) is 0 Å². The minimum atomic E-state index is -0.219. The molecular formula is C15H16N2O2S. The first kappa shape index (κ1) is 14.4. The number of anilines is 1. The van der Waals surface area contributed by atoms with E-state index in [9.17, 15) is 4.79 Å². The second-order valence-corrected chi connectivity index (χ2v) is 5.16. The summed E-state index contributed by atoms with van der Waals surface area (Å²) in [5.74, 6) is 0.103. The molecule has 1 aromatic carbocycles. The van der Waals surface area contributed by atoms with Crippen LogP contribution in [0.2, 0.25) is 0 Å². The number of hydrogen-bond acceptors (Lipinski definition) is 5. The average Bonchev–Trinajstić information content (AvgIpc) is 2.52. The van der Waals surface area contributed by atoms with E-state index in [4.69, 9.17) is 0 Å². The molecule has 0 radical (unpaired) electrons. The van der Waals surface area contributed by atoms with Gasteiger partial charge >= 0.3 is 5.97 Å². The van der Waals surface area contributed by atoms with Crippen molar-refractivity contribution in [3.8, 4) is 0 Å². The number of carbonyl (C=O) groups is 1. The number of aromatic nitrogens is 1. The third-order valence-electron chi connectivity index (χ3n) is 2.64. The van der Waals surface area contributed by atoms with Crippen LogP contribution in [0.15, 0.2) is 53.7 Å². The van der Waals surface area contributed by atoms with E-state index >= 15 is 0 Å². The van der Waals surface area contributed by atoms with Crippen LogP contribution in [-0.2, 0) is 16.1 Å². The molecule has 0 atom stereocenters. The molecule has 0 aliphatic rings. The van der Waals surface area contributed by atoms with Gasteiger partial charge in [0.1, 0.15) is 0 Å². The molecule has 0 amide bonds. The first-order valence-corrected chi connectivity index (χ1v) is 7.19. The van der Waals surface area contributed by atoms with Crippen molar-refractivity contribution in [3.63, 3.8) is 0 Å². The summed E-state index contributed by atoms with van der Waals surface area (Å²) in [5, 5.41) is 3.33. The van der Waals surface area contributed by atoms with Crippen molar-refractivity contribution in [1.82, 2.24) is 4.98 Å². The Kier molecular flexibility index (Phi) is 5.43. The fraction of sp³-hybridized carbons (Fsp3) is 0.200. The summed E-state index contributed by atoms with van der Waals surface area (Å²) in [4.78, 5) is 16.2. The molecule has 0 aliphatic carbocycles. The van der Waals surface area contributed by atoms with E-state index in [1.807, 2.05) is 42.6 Å². The van der Waals surface area contributed by atoms with E-state index in [1.165, 1.54) is 18.9 Å².